The second-order valence-electron chi connectivity index (χ2n) is 5.90. The predicted octanol–water partition coefficient (Wildman–Crippen LogP) is 2.80. The fraction of sp³-hybridized carbons (Fsp3) is 0.533. The Morgan fingerprint density at radius 2 is 1.92 bits per heavy atom. The van der Waals surface area contributed by atoms with Crippen molar-refractivity contribution in [2.45, 2.75) is 37.8 Å². The first-order valence-corrected chi connectivity index (χ1v) is 7.66. The third-order valence-corrected chi connectivity index (χ3v) is 4.55. The van der Waals surface area contributed by atoms with Crippen molar-refractivity contribution >= 4 is 11.6 Å². The topological polar surface area (TPSA) is 72.7 Å². The van der Waals surface area contributed by atoms with Crippen LogP contribution in [0.1, 0.15) is 36.0 Å². The van der Waals surface area contributed by atoms with Gasteiger partial charge < -0.3 is 9.64 Å². The maximum Gasteiger partial charge on any atom is 0.308 e. The molecule has 2 fully saturated rings. The highest BCUT2D eigenvalue weighted by Crippen LogP contribution is 2.31. The normalized spacial score (nSPS) is 23.7. The van der Waals surface area contributed by atoms with Gasteiger partial charge in [-0.2, -0.15) is 4.39 Å². The van der Waals surface area contributed by atoms with Gasteiger partial charge in [0.15, 0.2) is 5.82 Å². The third kappa shape index (κ3) is 2.72. The standard InChI is InChI=1S/C15H15F3N2O4/c16-12-8(7-10(20(22)23)13(17)14(12)18)15(21)19-5-6-24-11-4-2-1-3-9(11)19/h7,9,11H,1-6H2. The van der Waals surface area contributed by atoms with Crippen LogP contribution in [0.3, 0.4) is 0 Å². The van der Waals surface area contributed by atoms with Crippen molar-refractivity contribution in [3.8, 4) is 0 Å². The van der Waals surface area contributed by atoms with Crippen molar-refractivity contribution in [2.24, 2.45) is 0 Å². The molecule has 0 spiro atoms. The minimum atomic E-state index is -2.01. The lowest BCUT2D eigenvalue weighted by Crippen LogP contribution is -2.55. The van der Waals surface area contributed by atoms with Crippen LogP contribution in [0.25, 0.3) is 0 Å². The van der Waals surface area contributed by atoms with E-state index in [2.05, 4.69) is 0 Å². The van der Waals surface area contributed by atoms with Crippen molar-refractivity contribution in [3.63, 3.8) is 0 Å². The molecule has 1 heterocycles. The van der Waals surface area contributed by atoms with E-state index in [1.54, 1.807) is 0 Å². The van der Waals surface area contributed by atoms with E-state index in [-0.39, 0.29) is 25.3 Å². The number of nitro groups is 1. The number of carbonyl (C=O) groups excluding carboxylic acids is 1. The summed E-state index contributed by atoms with van der Waals surface area (Å²) in [7, 11) is 0. The molecule has 0 radical (unpaired) electrons. The van der Waals surface area contributed by atoms with Gasteiger partial charge in [-0.3, -0.25) is 14.9 Å². The van der Waals surface area contributed by atoms with Crippen LogP contribution in [0.5, 0.6) is 0 Å². The van der Waals surface area contributed by atoms with Crippen LogP contribution in [-0.4, -0.2) is 41.0 Å². The Kier molecular flexibility index (Phi) is 4.44. The molecule has 1 saturated carbocycles. The molecule has 24 heavy (non-hydrogen) atoms. The quantitative estimate of drug-likeness (QED) is 0.470. The number of hydrogen-bond acceptors (Lipinski definition) is 4. The van der Waals surface area contributed by atoms with Crippen molar-refractivity contribution in [2.75, 3.05) is 13.2 Å². The maximum atomic E-state index is 14.0. The van der Waals surface area contributed by atoms with Gasteiger partial charge in [0.2, 0.25) is 11.6 Å². The lowest BCUT2D eigenvalue weighted by molar-refractivity contribution is -0.387. The number of nitrogens with zero attached hydrogens (tertiary/aromatic N) is 2. The van der Waals surface area contributed by atoms with Crippen molar-refractivity contribution in [1.29, 1.82) is 0 Å². The highest BCUT2D eigenvalue weighted by atomic mass is 19.2. The summed E-state index contributed by atoms with van der Waals surface area (Å²) in [4.78, 5) is 23.6. The molecule has 130 valence electrons. The summed E-state index contributed by atoms with van der Waals surface area (Å²) >= 11 is 0. The molecule has 0 bridgehead atoms. The molecule has 1 amide bonds. The molecule has 1 saturated heterocycles. The van der Waals surface area contributed by atoms with Gasteiger partial charge in [0.1, 0.15) is 0 Å². The number of rotatable bonds is 2. The molecule has 2 aliphatic rings. The lowest BCUT2D eigenvalue weighted by atomic mass is 9.89. The highest BCUT2D eigenvalue weighted by Gasteiger charge is 2.39. The molecule has 0 N–H and O–H groups in total. The van der Waals surface area contributed by atoms with Crippen molar-refractivity contribution in [3.05, 3.63) is 39.2 Å². The zero-order valence-corrected chi connectivity index (χ0v) is 12.6. The van der Waals surface area contributed by atoms with Crippen LogP contribution < -0.4 is 0 Å². The van der Waals surface area contributed by atoms with Crippen LogP contribution >= 0.6 is 0 Å². The van der Waals surface area contributed by atoms with Crippen LogP contribution in [-0.2, 0) is 4.74 Å². The van der Waals surface area contributed by atoms with Crippen LogP contribution in [0.4, 0.5) is 18.9 Å². The summed E-state index contributed by atoms with van der Waals surface area (Å²) in [5.74, 6) is -6.51. The Labute approximate surface area is 135 Å². The number of ether oxygens (including phenoxy) is 1. The van der Waals surface area contributed by atoms with Gasteiger partial charge in [-0.25, -0.2) is 8.78 Å². The van der Waals surface area contributed by atoms with Gasteiger partial charge in [-0.05, 0) is 12.8 Å². The zero-order chi connectivity index (χ0) is 17.4. The highest BCUT2D eigenvalue weighted by molar-refractivity contribution is 5.95. The molecule has 1 aliphatic heterocycles. The van der Waals surface area contributed by atoms with Gasteiger partial charge in [0.05, 0.1) is 29.2 Å². The Hall–Kier alpha value is -2.16. The summed E-state index contributed by atoms with van der Waals surface area (Å²) in [5, 5.41) is 10.8. The fourth-order valence-corrected chi connectivity index (χ4v) is 3.38. The third-order valence-electron chi connectivity index (χ3n) is 4.55. The monoisotopic (exact) mass is 344 g/mol. The average molecular weight is 344 g/mol. The van der Waals surface area contributed by atoms with E-state index in [4.69, 9.17) is 4.74 Å². The van der Waals surface area contributed by atoms with Gasteiger partial charge in [0, 0.05) is 12.6 Å². The van der Waals surface area contributed by atoms with Crippen molar-refractivity contribution < 1.29 is 27.6 Å². The maximum absolute atomic E-state index is 14.0. The lowest BCUT2D eigenvalue weighted by Gasteiger charge is -2.43. The van der Waals surface area contributed by atoms with Gasteiger partial charge in [-0.15, -0.1) is 0 Å². The van der Waals surface area contributed by atoms with Gasteiger partial charge in [0.25, 0.3) is 5.91 Å². The first-order chi connectivity index (χ1) is 11.4. The van der Waals surface area contributed by atoms with E-state index in [0.29, 0.717) is 12.5 Å². The first kappa shape index (κ1) is 16.7. The smallest absolute Gasteiger partial charge is 0.308 e. The molecule has 9 heteroatoms. The van der Waals surface area contributed by atoms with Gasteiger partial charge >= 0.3 is 5.69 Å². The van der Waals surface area contributed by atoms with E-state index in [1.807, 2.05) is 0 Å². The molecule has 1 aliphatic carbocycles. The summed E-state index contributed by atoms with van der Waals surface area (Å²) < 4.78 is 46.7. The molecule has 1 aromatic rings. The van der Waals surface area contributed by atoms with E-state index < -0.39 is 39.5 Å². The molecule has 6 nitrogen and oxygen atoms in total. The molecular formula is C15H15F3N2O4. The largest absolute Gasteiger partial charge is 0.374 e. The molecule has 0 aromatic heterocycles. The van der Waals surface area contributed by atoms with Crippen molar-refractivity contribution in [1.82, 2.24) is 4.90 Å². The SMILES string of the molecule is O=C(c1cc([N+](=O)[O-])c(F)c(F)c1F)N1CCOC2CCCCC21. The van der Waals surface area contributed by atoms with E-state index >= 15 is 0 Å². The minimum Gasteiger partial charge on any atom is -0.374 e. The molecule has 3 rings (SSSR count). The number of morpholine rings is 1. The Morgan fingerprint density at radius 3 is 2.62 bits per heavy atom. The van der Waals surface area contributed by atoms with Crippen LogP contribution in [0.15, 0.2) is 6.07 Å². The summed E-state index contributed by atoms with van der Waals surface area (Å²) in [6.45, 7) is 0.423. The number of carbonyl (C=O) groups is 1. The number of benzene rings is 1. The van der Waals surface area contributed by atoms with Crippen LogP contribution in [0, 0.1) is 27.6 Å². The summed E-state index contributed by atoms with van der Waals surface area (Å²) in [6, 6.07) is 0.176. The number of fused-ring (bicyclic) bond motifs is 1. The Bertz CT molecular complexity index is 696. The zero-order valence-electron chi connectivity index (χ0n) is 12.6. The number of amides is 1. The van der Waals surface area contributed by atoms with E-state index in [1.165, 1.54) is 4.90 Å². The molecular weight excluding hydrogens is 329 g/mol. The van der Waals surface area contributed by atoms with E-state index in [0.717, 1.165) is 19.3 Å². The second kappa shape index (κ2) is 6.39. The Morgan fingerprint density at radius 1 is 1.21 bits per heavy atom. The molecule has 1 aromatic carbocycles. The number of hydrogen-bond donors (Lipinski definition) is 0. The van der Waals surface area contributed by atoms with Crippen LogP contribution in [0.2, 0.25) is 0 Å². The number of nitro benzene ring substituents is 1. The molecule has 2 unspecified atom stereocenters. The summed E-state index contributed by atoms with van der Waals surface area (Å²) in [5.41, 5.74) is -2.09. The average Bonchev–Trinajstić information content (AvgIpc) is 2.58. The first-order valence-electron chi connectivity index (χ1n) is 7.66. The number of halogens is 3. The predicted molar refractivity (Wildman–Crippen MR) is 76.0 cm³/mol. The van der Waals surface area contributed by atoms with Gasteiger partial charge in [-0.1, -0.05) is 12.8 Å². The Balaban J connectivity index is 1.98. The van der Waals surface area contributed by atoms with E-state index in [9.17, 15) is 28.1 Å². The molecule has 2 atom stereocenters. The summed E-state index contributed by atoms with van der Waals surface area (Å²) in [6.07, 6.45) is 3.06. The minimum absolute atomic E-state index is 0.173. The fourth-order valence-electron chi connectivity index (χ4n) is 3.38. The second-order valence-corrected chi connectivity index (χ2v) is 5.90.